The molecule has 0 amide bonds. The Morgan fingerprint density at radius 2 is 1.75 bits per heavy atom. The molecule has 1 atom stereocenters. The summed E-state index contributed by atoms with van der Waals surface area (Å²) in [7, 11) is 1.78. The van der Waals surface area contributed by atoms with E-state index < -0.39 is 0 Å². The van der Waals surface area contributed by atoms with Gasteiger partial charge in [0.05, 0.1) is 6.10 Å². The number of methoxy groups -OCH3 is 1. The molecule has 0 bridgehead atoms. The van der Waals surface area contributed by atoms with Crippen molar-refractivity contribution in [1.29, 1.82) is 0 Å². The SMILES string of the molecule is CCN(CC)CCCNCCCC(C)OC. The van der Waals surface area contributed by atoms with Gasteiger partial charge in [0.2, 0.25) is 0 Å². The molecule has 16 heavy (non-hydrogen) atoms. The van der Waals surface area contributed by atoms with Gasteiger partial charge in [0.25, 0.3) is 0 Å². The first-order chi connectivity index (χ1) is 7.74. The smallest absolute Gasteiger partial charge is 0.0543 e. The van der Waals surface area contributed by atoms with Crippen molar-refractivity contribution in [3.8, 4) is 0 Å². The molecule has 0 spiro atoms. The minimum Gasteiger partial charge on any atom is -0.382 e. The molecule has 0 fully saturated rings. The lowest BCUT2D eigenvalue weighted by Crippen LogP contribution is -2.27. The first-order valence-corrected chi connectivity index (χ1v) is 6.70. The molecule has 0 saturated carbocycles. The van der Waals surface area contributed by atoms with E-state index in [-0.39, 0.29) is 0 Å². The van der Waals surface area contributed by atoms with Crippen LogP contribution in [0.3, 0.4) is 0 Å². The Morgan fingerprint density at radius 3 is 2.31 bits per heavy atom. The fraction of sp³-hybridized carbons (Fsp3) is 1.00. The van der Waals surface area contributed by atoms with Crippen LogP contribution in [0, 0.1) is 0 Å². The van der Waals surface area contributed by atoms with Gasteiger partial charge in [-0.2, -0.15) is 0 Å². The van der Waals surface area contributed by atoms with Gasteiger partial charge >= 0.3 is 0 Å². The number of hydrogen-bond acceptors (Lipinski definition) is 3. The highest BCUT2D eigenvalue weighted by molar-refractivity contribution is 4.56. The summed E-state index contributed by atoms with van der Waals surface area (Å²) in [5.41, 5.74) is 0. The van der Waals surface area contributed by atoms with Crippen LogP contribution < -0.4 is 5.32 Å². The Hall–Kier alpha value is -0.120. The number of nitrogens with one attached hydrogen (secondary N) is 1. The van der Waals surface area contributed by atoms with Crippen LogP contribution >= 0.6 is 0 Å². The topological polar surface area (TPSA) is 24.5 Å². The van der Waals surface area contributed by atoms with E-state index in [4.69, 9.17) is 4.74 Å². The molecule has 98 valence electrons. The van der Waals surface area contributed by atoms with Crippen molar-refractivity contribution in [2.45, 2.75) is 46.1 Å². The summed E-state index contributed by atoms with van der Waals surface area (Å²) in [4.78, 5) is 2.47. The Labute approximate surface area is 102 Å². The fourth-order valence-electron chi connectivity index (χ4n) is 1.72. The van der Waals surface area contributed by atoms with E-state index >= 15 is 0 Å². The maximum absolute atomic E-state index is 5.20. The molecule has 0 heterocycles. The lowest BCUT2D eigenvalue weighted by molar-refractivity contribution is 0.109. The predicted molar refractivity (Wildman–Crippen MR) is 71.0 cm³/mol. The standard InChI is InChI=1S/C13H30N2O/c1-5-15(6-2)12-8-11-14-10-7-9-13(3)16-4/h13-14H,5-12H2,1-4H3. The van der Waals surface area contributed by atoms with Gasteiger partial charge in [-0.25, -0.2) is 0 Å². The van der Waals surface area contributed by atoms with E-state index in [1.807, 2.05) is 0 Å². The van der Waals surface area contributed by atoms with E-state index in [2.05, 4.69) is 31.0 Å². The van der Waals surface area contributed by atoms with Crippen LogP contribution in [-0.2, 0) is 4.74 Å². The van der Waals surface area contributed by atoms with Crippen molar-refractivity contribution in [2.24, 2.45) is 0 Å². The summed E-state index contributed by atoms with van der Waals surface area (Å²) < 4.78 is 5.20. The minimum absolute atomic E-state index is 0.400. The van der Waals surface area contributed by atoms with Gasteiger partial charge in [-0.1, -0.05) is 13.8 Å². The third-order valence-electron chi connectivity index (χ3n) is 3.09. The molecule has 0 aliphatic rings. The molecule has 3 nitrogen and oxygen atoms in total. The summed E-state index contributed by atoms with van der Waals surface area (Å²) >= 11 is 0. The van der Waals surface area contributed by atoms with Crippen LogP contribution in [0.15, 0.2) is 0 Å². The van der Waals surface area contributed by atoms with E-state index in [1.165, 1.54) is 32.5 Å². The second-order valence-corrected chi connectivity index (χ2v) is 4.32. The monoisotopic (exact) mass is 230 g/mol. The molecule has 0 aromatic rings. The highest BCUT2D eigenvalue weighted by atomic mass is 16.5. The molecule has 1 N–H and O–H groups in total. The molecule has 0 aromatic heterocycles. The largest absolute Gasteiger partial charge is 0.382 e. The third kappa shape index (κ3) is 9.13. The van der Waals surface area contributed by atoms with E-state index in [0.717, 1.165) is 19.5 Å². The van der Waals surface area contributed by atoms with Gasteiger partial charge < -0.3 is 15.0 Å². The van der Waals surface area contributed by atoms with Gasteiger partial charge in [-0.05, 0) is 58.9 Å². The average molecular weight is 230 g/mol. The second-order valence-electron chi connectivity index (χ2n) is 4.32. The molecule has 3 heteroatoms. The normalized spacial score (nSPS) is 13.3. The van der Waals surface area contributed by atoms with Crippen LogP contribution in [-0.4, -0.2) is 50.8 Å². The van der Waals surface area contributed by atoms with Gasteiger partial charge in [0.1, 0.15) is 0 Å². The molecule has 0 aliphatic carbocycles. The summed E-state index contributed by atoms with van der Waals surface area (Å²) in [5, 5.41) is 3.49. The van der Waals surface area contributed by atoms with Crippen molar-refractivity contribution < 1.29 is 4.74 Å². The number of hydrogen-bond donors (Lipinski definition) is 1. The van der Waals surface area contributed by atoms with E-state index in [1.54, 1.807) is 7.11 Å². The Kier molecular flexibility index (Phi) is 11.3. The summed E-state index contributed by atoms with van der Waals surface area (Å²) in [6.07, 6.45) is 4.01. The molecule has 0 saturated heterocycles. The average Bonchev–Trinajstić information content (AvgIpc) is 2.32. The summed E-state index contributed by atoms with van der Waals surface area (Å²) in [5.74, 6) is 0. The van der Waals surface area contributed by atoms with Crippen molar-refractivity contribution in [2.75, 3.05) is 39.8 Å². The Balaban J connectivity index is 3.15. The van der Waals surface area contributed by atoms with Gasteiger partial charge in [0.15, 0.2) is 0 Å². The van der Waals surface area contributed by atoms with Crippen molar-refractivity contribution in [3.05, 3.63) is 0 Å². The first kappa shape index (κ1) is 15.9. The summed E-state index contributed by atoms with van der Waals surface area (Å²) in [6.45, 7) is 12.4. The Bertz CT molecular complexity index is 138. The van der Waals surface area contributed by atoms with Gasteiger partial charge in [0, 0.05) is 7.11 Å². The zero-order valence-corrected chi connectivity index (χ0v) is 11.6. The van der Waals surface area contributed by atoms with E-state index in [9.17, 15) is 0 Å². The lowest BCUT2D eigenvalue weighted by atomic mass is 10.2. The highest BCUT2D eigenvalue weighted by Crippen LogP contribution is 1.98. The van der Waals surface area contributed by atoms with Gasteiger partial charge in [-0.15, -0.1) is 0 Å². The molecular formula is C13H30N2O. The van der Waals surface area contributed by atoms with Crippen molar-refractivity contribution in [1.82, 2.24) is 10.2 Å². The minimum atomic E-state index is 0.400. The fourth-order valence-corrected chi connectivity index (χ4v) is 1.72. The number of nitrogens with zero attached hydrogens (tertiary/aromatic N) is 1. The third-order valence-corrected chi connectivity index (χ3v) is 3.09. The summed E-state index contributed by atoms with van der Waals surface area (Å²) in [6, 6.07) is 0. The zero-order chi connectivity index (χ0) is 12.2. The van der Waals surface area contributed by atoms with Crippen molar-refractivity contribution in [3.63, 3.8) is 0 Å². The first-order valence-electron chi connectivity index (χ1n) is 6.70. The Morgan fingerprint density at radius 1 is 1.12 bits per heavy atom. The zero-order valence-electron chi connectivity index (χ0n) is 11.6. The van der Waals surface area contributed by atoms with Crippen LogP contribution in [0.5, 0.6) is 0 Å². The van der Waals surface area contributed by atoms with Crippen molar-refractivity contribution >= 4 is 0 Å². The molecular weight excluding hydrogens is 200 g/mol. The molecule has 0 radical (unpaired) electrons. The maximum Gasteiger partial charge on any atom is 0.0543 e. The number of rotatable bonds is 11. The number of ether oxygens (including phenoxy) is 1. The molecule has 0 aliphatic heterocycles. The maximum atomic E-state index is 5.20. The highest BCUT2D eigenvalue weighted by Gasteiger charge is 1.99. The van der Waals surface area contributed by atoms with Crippen LogP contribution in [0.1, 0.15) is 40.0 Å². The molecule has 0 aromatic carbocycles. The van der Waals surface area contributed by atoms with Crippen LogP contribution in [0.25, 0.3) is 0 Å². The lowest BCUT2D eigenvalue weighted by Gasteiger charge is -2.17. The molecule has 0 rings (SSSR count). The molecule has 1 unspecified atom stereocenters. The van der Waals surface area contributed by atoms with E-state index in [0.29, 0.717) is 6.10 Å². The quantitative estimate of drug-likeness (QED) is 0.550. The second kappa shape index (κ2) is 11.4. The predicted octanol–water partition coefficient (Wildman–Crippen LogP) is 2.12. The van der Waals surface area contributed by atoms with Crippen LogP contribution in [0.2, 0.25) is 0 Å². The van der Waals surface area contributed by atoms with Gasteiger partial charge in [-0.3, -0.25) is 0 Å². The van der Waals surface area contributed by atoms with Crippen LogP contribution in [0.4, 0.5) is 0 Å².